The van der Waals surface area contributed by atoms with Crippen LogP contribution >= 0.6 is 11.6 Å². The van der Waals surface area contributed by atoms with E-state index in [1.54, 1.807) is 30.3 Å². The molecule has 0 radical (unpaired) electrons. The zero-order valence-corrected chi connectivity index (χ0v) is 15.1. The van der Waals surface area contributed by atoms with Gasteiger partial charge in [0, 0.05) is 0 Å². The molecule has 2 rings (SSSR count). The highest BCUT2D eigenvalue weighted by atomic mass is 35.5. The Bertz CT molecular complexity index is 825. The van der Waals surface area contributed by atoms with Gasteiger partial charge in [0.15, 0.2) is 11.5 Å². The van der Waals surface area contributed by atoms with Crippen LogP contribution in [-0.2, 0) is 0 Å². The van der Waals surface area contributed by atoms with Gasteiger partial charge in [0.25, 0.3) is 0 Å². The minimum atomic E-state index is -0.396. The number of halogens is 2. The lowest BCUT2D eigenvalue weighted by molar-refractivity contribution is 0.224. The molecule has 0 aromatic heterocycles. The number of nitriles is 1. The molecule has 0 fully saturated rings. The Morgan fingerprint density at radius 3 is 2.68 bits per heavy atom. The van der Waals surface area contributed by atoms with Crippen molar-refractivity contribution < 1.29 is 13.9 Å². The largest absolute Gasteiger partial charge is 0.490 e. The fourth-order valence-corrected chi connectivity index (χ4v) is 2.55. The summed E-state index contributed by atoms with van der Waals surface area (Å²) in [6, 6.07) is 11.4. The van der Waals surface area contributed by atoms with E-state index in [1.165, 1.54) is 12.1 Å². The maximum Gasteiger partial charge on any atom is 0.180 e. The van der Waals surface area contributed by atoms with Crippen LogP contribution in [0.4, 0.5) is 4.39 Å². The predicted octanol–water partition coefficient (Wildman–Crippen LogP) is 5.73. The SMILES string of the molecule is CCOc1cc(/C=C(/C#N)c2cccc(F)c2)cc(Cl)c1OC(C)C. The smallest absolute Gasteiger partial charge is 0.180 e. The van der Waals surface area contributed by atoms with Crippen LogP contribution in [0.15, 0.2) is 36.4 Å². The Morgan fingerprint density at radius 2 is 2.08 bits per heavy atom. The Hall–Kier alpha value is -2.51. The van der Waals surface area contributed by atoms with Gasteiger partial charge >= 0.3 is 0 Å². The van der Waals surface area contributed by atoms with Crippen molar-refractivity contribution in [2.24, 2.45) is 0 Å². The van der Waals surface area contributed by atoms with Crippen LogP contribution in [0.1, 0.15) is 31.9 Å². The Labute approximate surface area is 152 Å². The molecule has 3 nitrogen and oxygen atoms in total. The lowest BCUT2D eigenvalue weighted by Gasteiger charge is -2.16. The molecule has 0 aliphatic carbocycles. The number of hydrogen-bond acceptors (Lipinski definition) is 3. The van der Waals surface area contributed by atoms with E-state index >= 15 is 0 Å². The average molecular weight is 360 g/mol. The molecule has 0 amide bonds. The van der Waals surface area contributed by atoms with Gasteiger partial charge < -0.3 is 9.47 Å². The highest BCUT2D eigenvalue weighted by Gasteiger charge is 2.14. The molecule has 0 bridgehead atoms. The monoisotopic (exact) mass is 359 g/mol. The molecule has 0 unspecified atom stereocenters. The van der Waals surface area contributed by atoms with Crippen molar-refractivity contribution in [1.29, 1.82) is 5.26 Å². The molecule has 0 saturated carbocycles. The summed E-state index contributed by atoms with van der Waals surface area (Å²) in [5.74, 6) is 0.582. The maximum absolute atomic E-state index is 13.4. The van der Waals surface area contributed by atoms with Gasteiger partial charge in [-0.05, 0) is 62.2 Å². The van der Waals surface area contributed by atoms with Gasteiger partial charge in [-0.3, -0.25) is 0 Å². The van der Waals surface area contributed by atoms with Crippen LogP contribution < -0.4 is 9.47 Å². The van der Waals surface area contributed by atoms with Gasteiger partial charge in [0.1, 0.15) is 5.82 Å². The van der Waals surface area contributed by atoms with Crippen molar-refractivity contribution in [3.63, 3.8) is 0 Å². The van der Waals surface area contributed by atoms with Crippen molar-refractivity contribution in [1.82, 2.24) is 0 Å². The van der Waals surface area contributed by atoms with Crippen molar-refractivity contribution in [2.45, 2.75) is 26.9 Å². The summed E-state index contributed by atoms with van der Waals surface area (Å²) in [4.78, 5) is 0. The molecular weight excluding hydrogens is 341 g/mol. The highest BCUT2D eigenvalue weighted by molar-refractivity contribution is 6.32. The fraction of sp³-hybridized carbons (Fsp3) is 0.250. The molecule has 0 N–H and O–H groups in total. The van der Waals surface area contributed by atoms with E-state index in [2.05, 4.69) is 6.07 Å². The molecule has 0 saturated heterocycles. The third kappa shape index (κ3) is 4.98. The lowest BCUT2D eigenvalue weighted by atomic mass is 10.0. The number of benzene rings is 2. The van der Waals surface area contributed by atoms with Crippen LogP contribution in [-0.4, -0.2) is 12.7 Å². The number of allylic oxidation sites excluding steroid dienone is 1. The van der Waals surface area contributed by atoms with Crippen LogP contribution in [0.2, 0.25) is 5.02 Å². The normalized spacial score (nSPS) is 11.3. The van der Waals surface area contributed by atoms with Gasteiger partial charge in [-0.15, -0.1) is 0 Å². The van der Waals surface area contributed by atoms with Crippen LogP contribution in [0.3, 0.4) is 0 Å². The Morgan fingerprint density at radius 1 is 1.32 bits per heavy atom. The molecule has 130 valence electrons. The zero-order valence-electron chi connectivity index (χ0n) is 14.3. The Kier molecular flexibility index (Phi) is 6.44. The van der Waals surface area contributed by atoms with E-state index in [0.717, 1.165) is 0 Å². The molecule has 0 atom stereocenters. The van der Waals surface area contributed by atoms with Crippen LogP contribution in [0.25, 0.3) is 11.6 Å². The van der Waals surface area contributed by atoms with E-state index in [1.807, 2.05) is 20.8 Å². The zero-order chi connectivity index (χ0) is 18.4. The first-order valence-corrected chi connectivity index (χ1v) is 8.33. The summed E-state index contributed by atoms with van der Waals surface area (Å²) >= 11 is 6.34. The molecule has 0 aliphatic heterocycles. The molecule has 0 heterocycles. The number of ether oxygens (including phenoxy) is 2. The number of rotatable bonds is 6. The van der Waals surface area contributed by atoms with E-state index in [4.69, 9.17) is 21.1 Å². The number of hydrogen-bond donors (Lipinski definition) is 0. The summed E-state index contributed by atoms with van der Waals surface area (Å²) in [6.45, 7) is 6.12. The summed E-state index contributed by atoms with van der Waals surface area (Å²) < 4.78 is 24.8. The van der Waals surface area contributed by atoms with E-state index in [-0.39, 0.29) is 6.10 Å². The van der Waals surface area contributed by atoms with Gasteiger partial charge in [0.2, 0.25) is 0 Å². The fourth-order valence-electron chi connectivity index (χ4n) is 2.29. The minimum absolute atomic E-state index is 0.0555. The lowest BCUT2D eigenvalue weighted by Crippen LogP contribution is -2.08. The van der Waals surface area contributed by atoms with Crippen molar-refractivity contribution in [3.05, 3.63) is 58.4 Å². The first-order valence-electron chi connectivity index (χ1n) is 7.95. The second-order valence-corrected chi connectivity index (χ2v) is 6.02. The number of nitrogens with zero attached hydrogens (tertiary/aromatic N) is 1. The molecule has 25 heavy (non-hydrogen) atoms. The predicted molar refractivity (Wildman–Crippen MR) is 98.3 cm³/mol. The van der Waals surface area contributed by atoms with Gasteiger partial charge in [-0.1, -0.05) is 23.7 Å². The first kappa shape index (κ1) is 18.8. The Balaban J connectivity index is 2.49. The molecular formula is C20H19ClFNO2. The van der Waals surface area contributed by atoms with Crippen molar-refractivity contribution in [3.8, 4) is 17.6 Å². The van der Waals surface area contributed by atoms with Gasteiger partial charge in [0.05, 0.1) is 29.4 Å². The van der Waals surface area contributed by atoms with Crippen molar-refractivity contribution >= 4 is 23.3 Å². The topological polar surface area (TPSA) is 42.2 Å². The summed E-state index contributed by atoms with van der Waals surface area (Å²) in [7, 11) is 0. The average Bonchev–Trinajstić information content (AvgIpc) is 2.55. The summed E-state index contributed by atoms with van der Waals surface area (Å²) in [5, 5.41) is 9.81. The highest BCUT2D eigenvalue weighted by Crippen LogP contribution is 2.38. The summed E-state index contributed by atoms with van der Waals surface area (Å²) in [6.07, 6.45) is 1.59. The molecule has 2 aromatic carbocycles. The first-order chi connectivity index (χ1) is 11.9. The minimum Gasteiger partial charge on any atom is -0.490 e. The van der Waals surface area contributed by atoms with E-state index in [9.17, 15) is 9.65 Å². The van der Waals surface area contributed by atoms with E-state index in [0.29, 0.717) is 39.8 Å². The molecule has 0 aliphatic rings. The molecule has 0 spiro atoms. The second-order valence-electron chi connectivity index (χ2n) is 5.61. The third-order valence-electron chi connectivity index (χ3n) is 3.25. The van der Waals surface area contributed by atoms with Crippen molar-refractivity contribution in [2.75, 3.05) is 6.61 Å². The van der Waals surface area contributed by atoms with Crippen LogP contribution in [0.5, 0.6) is 11.5 Å². The van der Waals surface area contributed by atoms with E-state index < -0.39 is 5.82 Å². The third-order valence-corrected chi connectivity index (χ3v) is 3.53. The standard InChI is InChI=1S/C20H19ClFNO2/c1-4-24-19-10-14(9-18(21)20(19)25-13(2)3)8-16(12-23)15-6-5-7-17(22)11-15/h5-11,13H,4H2,1-3H3/b16-8-. The maximum atomic E-state index is 13.4. The van der Waals surface area contributed by atoms with Gasteiger partial charge in [-0.25, -0.2) is 4.39 Å². The van der Waals surface area contributed by atoms with Gasteiger partial charge in [-0.2, -0.15) is 5.26 Å². The second kappa shape index (κ2) is 8.55. The quantitative estimate of drug-likeness (QED) is 0.488. The van der Waals surface area contributed by atoms with Crippen LogP contribution in [0, 0.1) is 17.1 Å². The molecule has 2 aromatic rings. The summed E-state index contributed by atoms with van der Waals surface area (Å²) in [5.41, 5.74) is 1.50. The molecule has 5 heteroatoms.